The molecule has 0 radical (unpaired) electrons. The molecule has 3 unspecified atom stereocenters. The maximum absolute atomic E-state index is 5.95. The van der Waals surface area contributed by atoms with Gasteiger partial charge in [0, 0.05) is 17.4 Å². The molecule has 1 fully saturated rings. The molecule has 0 saturated heterocycles. The van der Waals surface area contributed by atoms with Crippen LogP contribution in [0.1, 0.15) is 38.7 Å². The first-order chi connectivity index (χ1) is 8.08. The van der Waals surface area contributed by atoms with Crippen molar-refractivity contribution in [1.29, 1.82) is 0 Å². The van der Waals surface area contributed by atoms with Crippen LogP contribution in [0.4, 0.5) is 11.4 Å². The van der Waals surface area contributed by atoms with Crippen molar-refractivity contribution in [2.24, 2.45) is 11.8 Å². The predicted molar refractivity (Wildman–Crippen MR) is 75.2 cm³/mol. The molecule has 3 N–H and O–H groups in total. The number of rotatable bonds is 2. The Morgan fingerprint density at radius 1 is 1.24 bits per heavy atom. The second-order valence-electron chi connectivity index (χ2n) is 5.59. The van der Waals surface area contributed by atoms with Crippen molar-refractivity contribution >= 4 is 11.4 Å². The van der Waals surface area contributed by atoms with Crippen molar-refractivity contribution in [2.45, 2.75) is 46.1 Å². The highest BCUT2D eigenvalue weighted by atomic mass is 14.9. The van der Waals surface area contributed by atoms with Crippen molar-refractivity contribution in [3.8, 4) is 0 Å². The largest absolute Gasteiger partial charge is 0.398 e. The number of anilines is 2. The first-order valence-electron chi connectivity index (χ1n) is 6.70. The second-order valence-corrected chi connectivity index (χ2v) is 5.59. The fraction of sp³-hybridized carbons (Fsp3) is 0.600. The lowest BCUT2D eigenvalue weighted by molar-refractivity contribution is 0.253. The van der Waals surface area contributed by atoms with Gasteiger partial charge in [0.1, 0.15) is 0 Å². The third-order valence-corrected chi connectivity index (χ3v) is 4.34. The fourth-order valence-corrected chi connectivity index (χ4v) is 2.73. The molecule has 0 amide bonds. The Kier molecular flexibility index (Phi) is 3.60. The van der Waals surface area contributed by atoms with Crippen LogP contribution in [-0.4, -0.2) is 6.04 Å². The minimum absolute atomic E-state index is 0.598. The molecule has 3 atom stereocenters. The minimum Gasteiger partial charge on any atom is -0.398 e. The molecule has 94 valence electrons. The number of hydrogen-bond donors (Lipinski definition) is 2. The van der Waals surface area contributed by atoms with Crippen LogP contribution in [0, 0.1) is 18.8 Å². The molecule has 2 rings (SSSR count). The zero-order valence-electron chi connectivity index (χ0n) is 11.2. The predicted octanol–water partition coefficient (Wildman–Crippen LogP) is 3.81. The van der Waals surface area contributed by atoms with Crippen molar-refractivity contribution < 1.29 is 0 Å². The number of benzene rings is 1. The Hall–Kier alpha value is -1.18. The smallest absolute Gasteiger partial charge is 0.0364 e. The van der Waals surface area contributed by atoms with E-state index in [4.69, 9.17) is 5.73 Å². The van der Waals surface area contributed by atoms with Gasteiger partial charge in [0.15, 0.2) is 0 Å². The summed E-state index contributed by atoms with van der Waals surface area (Å²) in [5, 5.41) is 3.65. The molecule has 1 saturated carbocycles. The van der Waals surface area contributed by atoms with E-state index in [-0.39, 0.29) is 0 Å². The van der Waals surface area contributed by atoms with Crippen LogP contribution in [-0.2, 0) is 0 Å². The summed E-state index contributed by atoms with van der Waals surface area (Å²) in [6.45, 7) is 6.77. The molecule has 0 bridgehead atoms. The molecule has 2 heteroatoms. The molecular weight excluding hydrogens is 208 g/mol. The topological polar surface area (TPSA) is 38.0 Å². The van der Waals surface area contributed by atoms with Gasteiger partial charge in [-0.1, -0.05) is 32.8 Å². The summed E-state index contributed by atoms with van der Waals surface area (Å²) in [6, 6.07) is 6.88. The number of aryl methyl sites for hydroxylation is 1. The summed E-state index contributed by atoms with van der Waals surface area (Å²) in [6.07, 6.45) is 3.99. The van der Waals surface area contributed by atoms with Gasteiger partial charge in [-0.15, -0.1) is 0 Å². The normalized spacial score (nSPS) is 29.0. The van der Waals surface area contributed by atoms with E-state index in [9.17, 15) is 0 Å². The highest BCUT2D eigenvalue weighted by Gasteiger charge is 2.26. The van der Waals surface area contributed by atoms with Crippen LogP contribution < -0.4 is 11.1 Å². The Bertz CT molecular complexity index is 387. The van der Waals surface area contributed by atoms with E-state index in [1.165, 1.54) is 24.9 Å². The van der Waals surface area contributed by atoms with E-state index < -0.39 is 0 Å². The monoisotopic (exact) mass is 232 g/mol. The molecule has 1 aromatic rings. The van der Waals surface area contributed by atoms with Crippen LogP contribution in [0.2, 0.25) is 0 Å². The van der Waals surface area contributed by atoms with Crippen molar-refractivity contribution in [3.05, 3.63) is 23.8 Å². The average molecular weight is 232 g/mol. The fourth-order valence-electron chi connectivity index (χ4n) is 2.73. The molecule has 0 spiro atoms. The molecule has 17 heavy (non-hydrogen) atoms. The highest BCUT2D eigenvalue weighted by molar-refractivity contribution is 5.58. The zero-order chi connectivity index (χ0) is 12.4. The summed E-state index contributed by atoms with van der Waals surface area (Å²) in [5.41, 5.74) is 9.15. The molecular formula is C15H24N2. The van der Waals surface area contributed by atoms with Crippen LogP contribution in [0.15, 0.2) is 18.2 Å². The van der Waals surface area contributed by atoms with Gasteiger partial charge in [-0.05, 0) is 42.9 Å². The summed E-state index contributed by atoms with van der Waals surface area (Å²) < 4.78 is 0. The third-order valence-electron chi connectivity index (χ3n) is 4.34. The molecule has 1 aliphatic rings. The molecule has 0 aromatic heterocycles. The second kappa shape index (κ2) is 4.99. The maximum Gasteiger partial charge on any atom is 0.0364 e. The average Bonchev–Trinajstić information content (AvgIpc) is 2.30. The standard InChI is InChI=1S/C15H24N2/c1-10-5-4-6-15(12(10)3)17-13-8-7-11(2)14(16)9-13/h7-10,12,15,17H,4-6,16H2,1-3H3. The van der Waals surface area contributed by atoms with E-state index in [2.05, 4.69) is 37.4 Å². The first kappa shape index (κ1) is 12.3. The van der Waals surface area contributed by atoms with Crippen LogP contribution >= 0.6 is 0 Å². The van der Waals surface area contributed by atoms with Gasteiger partial charge in [0.05, 0.1) is 0 Å². The Morgan fingerprint density at radius 3 is 2.71 bits per heavy atom. The van der Waals surface area contributed by atoms with Crippen molar-refractivity contribution in [3.63, 3.8) is 0 Å². The third kappa shape index (κ3) is 2.74. The minimum atomic E-state index is 0.598. The summed E-state index contributed by atoms with van der Waals surface area (Å²) in [4.78, 5) is 0. The number of nitrogens with one attached hydrogen (secondary N) is 1. The van der Waals surface area contributed by atoms with Crippen molar-refractivity contribution in [2.75, 3.05) is 11.1 Å². The lowest BCUT2D eigenvalue weighted by Crippen LogP contribution is -2.35. The number of nitrogen functional groups attached to an aromatic ring is 1. The lowest BCUT2D eigenvalue weighted by Gasteiger charge is -2.35. The molecule has 0 aliphatic heterocycles. The van der Waals surface area contributed by atoms with Gasteiger partial charge in [-0.25, -0.2) is 0 Å². The Morgan fingerprint density at radius 2 is 2.00 bits per heavy atom. The molecule has 1 aliphatic carbocycles. The van der Waals surface area contributed by atoms with Gasteiger partial charge >= 0.3 is 0 Å². The van der Waals surface area contributed by atoms with E-state index in [1.54, 1.807) is 0 Å². The molecule has 2 nitrogen and oxygen atoms in total. The summed E-state index contributed by atoms with van der Waals surface area (Å²) in [7, 11) is 0. The van der Waals surface area contributed by atoms with Gasteiger partial charge in [0.25, 0.3) is 0 Å². The van der Waals surface area contributed by atoms with Crippen LogP contribution in [0.5, 0.6) is 0 Å². The molecule has 1 aromatic carbocycles. The first-order valence-corrected chi connectivity index (χ1v) is 6.70. The van der Waals surface area contributed by atoms with E-state index in [0.29, 0.717) is 6.04 Å². The summed E-state index contributed by atoms with van der Waals surface area (Å²) in [5.74, 6) is 1.57. The maximum atomic E-state index is 5.95. The lowest BCUT2D eigenvalue weighted by atomic mass is 9.78. The van der Waals surface area contributed by atoms with Gasteiger partial charge in [0.2, 0.25) is 0 Å². The van der Waals surface area contributed by atoms with Gasteiger partial charge < -0.3 is 11.1 Å². The van der Waals surface area contributed by atoms with E-state index in [1.807, 2.05) is 6.92 Å². The van der Waals surface area contributed by atoms with Gasteiger partial charge in [-0.3, -0.25) is 0 Å². The van der Waals surface area contributed by atoms with Crippen molar-refractivity contribution in [1.82, 2.24) is 0 Å². The number of hydrogen-bond acceptors (Lipinski definition) is 2. The van der Waals surface area contributed by atoms with E-state index in [0.717, 1.165) is 23.1 Å². The van der Waals surface area contributed by atoms with Crippen LogP contribution in [0.3, 0.4) is 0 Å². The number of nitrogens with two attached hydrogens (primary N) is 1. The van der Waals surface area contributed by atoms with Gasteiger partial charge in [-0.2, -0.15) is 0 Å². The Labute approximate surface area is 105 Å². The quantitative estimate of drug-likeness (QED) is 0.761. The summed E-state index contributed by atoms with van der Waals surface area (Å²) >= 11 is 0. The van der Waals surface area contributed by atoms with E-state index >= 15 is 0 Å². The zero-order valence-corrected chi connectivity index (χ0v) is 11.2. The Balaban J connectivity index is 2.07. The van der Waals surface area contributed by atoms with Crippen LogP contribution in [0.25, 0.3) is 0 Å². The highest BCUT2D eigenvalue weighted by Crippen LogP contribution is 2.32. The molecule has 0 heterocycles. The SMILES string of the molecule is Cc1ccc(NC2CCCC(C)C2C)cc1N.